The second kappa shape index (κ2) is 40.9. The number of carbonyl (C=O) groups is 9. The van der Waals surface area contributed by atoms with E-state index in [0.29, 0.717) is 72.1 Å². The van der Waals surface area contributed by atoms with Gasteiger partial charge in [-0.05, 0) is 162 Å². The summed E-state index contributed by atoms with van der Waals surface area (Å²) in [4.78, 5) is 154. The third kappa shape index (κ3) is 24.7. The van der Waals surface area contributed by atoms with Gasteiger partial charge in [0.05, 0.1) is 54.1 Å². The van der Waals surface area contributed by atoms with Gasteiger partial charge in [-0.1, -0.05) is 53.7 Å². The number of hydrogen-bond donors (Lipinski definition) is 9. The Hall–Kier alpha value is -10.1. The molecule has 2 aliphatic heterocycles. The number of carboxylic acid groups (broad SMARTS) is 2. The van der Waals surface area contributed by atoms with E-state index in [2.05, 4.69) is 45.1 Å². The fourth-order valence-corrected chi connectivity index (χ4v) is 19.2. The summed E-state index contributed by atoms with van der Waals surface area (Å²) in [5.41, 5.74) is -2.91. The second-order valence-corrected chi connectivity index (χ2v) is 42.2. The van der Waals surface area contributed by atoms with Gasteiger partial charge in [0.25, 0.3) is 0 Å². The number of esters is 1. The first kappa shape index (κ1) is 98.5. The van der Waals surface area contributed by atoms with Crippen molar-refractivity contribution in [3.63, 3.8) is 0 Å². The van der Waals surface area contributed by atoms with Gasteiger partial charge in [-0.15, -0.1) is 35.8 Å². The number of carboxylic acids is 2. The van der Waals surface area contributed by atoms with E-state index in [9.17, 15) is 67.4 Å². The molecule has 6 amide bonds. The van der Waals surface area contributed by atoms with Crippen LogP contribution < -0.4 is 50.8 Å². The van der Waals surface area contributed by atoms with E-state index in [1.165, 1.54) is 56.8 Å². The van der Waals surface area contributed by atoms with Crippen molar-refractivity contribution in [2.75, 3.05) is 56.4 Å². The number of fused-ring (bicyclic) bond motifs is 2. The van der Waals surface area contributed by atoms with E-state index in [1.807, 2.05) is 38.5 Å². The van der Waals surface area contributed by atoms with Crippen LogP contribution in [0.25, 0.3) is 44.6 Å². The number of thiazole rings is 2. The quantitative estimate of drug-likeness (QED) is 0.00575. The molecule has 4 aliphatic carbocycles. The fourth-order valence-electron chi connectivity index (χ4n) is 15.6. The van der Waals surface area contributed by atoms with E-state index in [-0.39, 0.29) is 88.4 Å². The van der Waals surface area contributed by atoms with Gasteiger partial charge in [-0.25, -0.2) is 39.1 Å². The Morgan fingerprint density at radius 2 is 0.961 bits per heavy atom. The second-order valence-electron chi connectivity index (χ2n) is 36.7. The minimum atomic E-state index is -4.40. The maximum Gasteiger partial charge on any atom is 0.408 e. The van der Waals surface area contributed by atoms with E-state index in [0.717, 1.165) is 51.4 Å². The molecule has 6 aliphatic rings. The molecule has 40 heteroatoms. The summed E-state index contributed by atoms with van der Waals surface area (Å²) in [5, 5.41) is 43.9. The number of nitrogens with one attached hydrogen (secondary N) is 6. The lowest BCUT2D eigenvalue weighted by molar-refractivity contribution is -0.160. The summed E-state index contributed by atoms with van der Waals surface area (Å²) < 4.78 is 83.1. The normalized spacial score (nSPS) is 22.1. The van der Waals surface area contributed by atoms with Crippen LogP contribution in [-0.4, -0.2) is 216 Å². The number of rotatable bonds is 37. The van der Waals surface area contributed by atoms with Crippen molar-refractivity contribution in [1.29, 1.82) is 0 Å². The Morgan fingerprint density at radius 1 is 0.562 bits per heavy atom. The number of likely N-dealkylation sites (tertiary alicyclic amines) is 2. The third-order valence-electron chi connectivity index (χ3n) is 22.6. The van der Waals surface area contributed by atoms with Crippen LogP contribution in [0.5, 0.6) is 23.0 Å². The average molecular weight is 1860 g/mol. The summed E-state index contributed by atoms with van der Waals surface area (Å²) in [7, 11) is -7.94. The van der Waals surface area contributed by atoms with Crippen LogP contribution in [0.1, 0.15) is 181 Å². The Labute approximate surface area is 752 Å². The van der Waals surface area contributed by atoms with E-state index in [4.69, 9.17) is 66.7 Å². The highest BCUT2D eigenvalue weighted by Crippen LogP contribution is 2.50. The largest absolute Gasteiger partial charge is 0.488 e. The predicted molar refractivity (Wildman–Crippen MR) is 479 cm³/mol. The molecule has 36 nitrogen and oxygen atoms in total. The maximum absolute atomic E-state index is 14.7. The Balaban J connectivity index is 0.000000248. The first-order valence-corrected chi connectivity index (χ1v) is 48.4. The first-order valence-electron chi connectivity index (χ1n) is 43.1. The molecule has 0 bridgehead atoms. The number of aromatic nitrogens is 4. The summed E-state index contributed by atoms with van der Waals surface area (Å²) >= 11 is 2.79. The lowest BCUT2D eigenvalue weighted by Crippen LogP contribution is -2.59. The molecule has 4 saturated carbocycles. The number of carbonyl (C=O) groups excluding carboxylic acids is 7. The van der Waals surface area contributed by atoms with Crippen LogP contribution in [0.15, 0.2) is 84.6 Å². The summed E-state index contributed by atoms with van der Waals surface area (Å²) in [6.45, 7) is 33.9. The van der Waals surface area contributed by atoms with Crippen LogP contribution in [0.3, 0.4) is 0 Å². The maximum atomic E-state index is 14.7. The van der Waals surface area contributed by atoms with E-state index >= 15 is 0 Å². The number of nitrogens with zero attached hydrogens (tertiary/aromatic N) is 6. The number of pyridine rings is 2. The van der Waals surface area contributed by atoms with Crippen LogP contribution in [0.2, 0.25) is 0 Å². The van der Waals surface area contributed by atoms with Gasteiger partial charge in [-0.2, -0.15) is 0 Å². The molecule has 698 valence electrons. The molecule has 4 aromatic heterocycles. The van der Waals surface area contributed by atoms with Crippen molar-refractivity contribution in [3.8, 4) is 45.8 Å². The molecule has 6 fully saturated rings. The highest BCUT2D eigenvalue weighted by Gasteiger charge is 2.63. The number of ether oxygens (including phenoxy) is 7. The Kier molecular flexibility index (Phi) is 31.5. The zero-order chi connectivity index (χ0) is 93.3. The zero-order valence-corrected chi connectivity index (χ0v) is 78.4. The van der Waals surface area contributed by atoms with Crippen molar-refractivity contribution < 1.29 is 114 Å². The fraction of sp³-hybridized carbons (Fsp3) is 0.580. The monoisotopic (exact) mass is 1850 g/mol. The molecule has 11 atom stereocenters. The number of anilines is 2. The van der Waals surface area contributed by atoms with Crippen molar-refractivity contribution in [1.82, 2.24) is 51.0 Å². The number of alkyl carbamates (subject to hydrolysis) is 2. The highest BCUT2D eigenvalue weighted by atomic mass is 32.1. The molecule has 9 N–H and O–H groups in total. The first-order chi connectivity index (χ1) is 60.3. The van der Waals surface area contributed by atoms with Gasteiger partial charge >= 0.3 is 45.3 Å². The van der Waals surface area contributed by atoms with Crippen LogP contribution in [0.4, 0.5) is 19.9 Å². The molecular weight excluding hydrogens is 1740 g/mol. The minimum absolute atomic E-state index is 0.000937. The number of hydrogen-bond acceptors (Lipinski definition) is 29. The van der Waals surface area contributed by atoms with Gasteiger partial charge in [0, 0.05) is 82.6 Å². The van der Waals surface area contributed by atoms with Crippen molar-refractivity contribution in [3.05, 3.63) is 84.6 Å². The van der Waals surface area contributed by atoms with Gasteiger partial charge in [0.15, 0.2) is 23.0 Å². The van der Waals surface area contributed by atoms with Crippen molar-refractivity contribution in [2.45, 2.75) is 253 Å². The standard InChI is InChI=1S/C45H61N6O13PS.C43H59N6O11PS/c1-10-26-20-45(26,39(54)55)50-37(52)34-18-29(21-51(34)38(53)36(43(4,5)6)49-42(57)64-27-13-11-12-14-27)63-35-19-32(33-22-66-41(48-33)46-25(2)3)47-31-17-28(15-16-30(31)35)61-24-65(58,59)62-23-60-40(56)44(7,8)9;1-9-26-21-43(26,39(52)53)48-37(50)34-19-29(22-49(34)38(51)36(42(6,7)8)47-41(54)60-27-14-12-13-15-27)59-35-20-32(33-23-62-40(46-33)44-25(4)5)45-31-18-28(16-17-30(31)35)56-24-61(55,57-10-2)58-11-3/h10,15-17,19,22,25-27,29,34,36H,1,11-14,18,20-21,23-24H2,2-9H3,(H,46,48)(H,49,57)(H,50,52)(H,54,55)(H,58,59);9,16-18,20,23,25-27,29,34,36H,1,10-15,19,21-22,24H2,2-8H3,(H,44,46)(H,47,54)(H,48,50)(H,52,53)/t26-,29-,34+,36-,45-;26-,29-,34+,36-,43-/m11/s1. The van der Waals surface area contributed by atoms with E-state index < -0.39 is 158 Å². The lowest BCUT2D eigenvalue weighted by Gasteiger charge is -2.35. The van der Waals surface area contributed by atoms with Crippen LogP contribution >= 0.6 is 37.9 Å². The Bertz CT molecular complexity index is 5180. The molecule has 128 heavy (non-hydrogen) atoms. The van der Waals surface area contributed by atoms with Crippen LogP contribution in [0, 0.1) is 28.1 Å². The molecule has 1 unspecified atom stereocenters. The topological polar surface area (TPSA) is 471 Å². The van der Waals surface area contributed by atoms with Gasteiger partial charge < -0.3 is 99.0 Å². The molecule has 12 rings (SSSR count). The molecule has 6 heterocycles. The third-order valence-corrected chi connectivity index (χ3v) is 26.8. The predicted octanol–water partition coefficient (Wildman–Crippen LogP) is 14.2. The van der Waals surface area contributed by atoms with Crippen molar-refractivity contribution >= 4 is 124 Å². The SMILES string of the molecule is C=C[C@@H]1C[C@]1(NC(=O)[C@@H]1C[C@@H](Oc2cc(-c3csc(NC(C)C)n3)nc3cc(OCP(=O)(O)OCOC(=O)C(C)(C)C)ccc23)CN1C(=O)[C@@H](NC(=O)OC1CCCC1)C(C)(C)C)C(=O)O.C=C[C@@H]1C[C@]1(NC(=O)[C@@H]1C[C@@H](Oc2cc(-c3csc(NC(C)C)n3)nc3cc(OCP(=O)(OCC)OCC)ccc23)CN1C(=O)[C@@H](NC(=O)OC1CCCC1)C(C)(C)C)C(=O)O. The summed E-state index contributed by atoms with van der Waals surface area (Å²) in [6, 6.07) is 8.85. The smallest absolute Gasteiger partial charge is 0.408 e. The molecule has 0 spiro atoms. The van der Waals surface area contributed by atoms with Crippen LogP contribution in [-0.2, 0) is 70.5 Å². The van der Waals surface area contributed by atoms with Crippen molar-refractivity contribution in [2.24, 2.45) is 28.1 Å². The number of aliphatic carboxylic acids is 2. The lowest BCUT2D eigenvalue weighted by atomic mass is 9.85. The molecule has 2 aromatic carbocycles. The average Bonchev–Trinajstić information content (AvgIpc) is 1.59. The summed E-state index contributed by atoms with van der Waals surface area (Å²) in [6.07, 6.45) is 5.23. The van der Waals surface area contributed by atoms with Gasteiger partial charge in [0.2, 0.25) is 30.4 Å². The van der Waals surface area contributed by atoms with Gasteiger partial charge in [0.1, 0.15) is 94.0 Å². The zero-order valence-electron chi connectivity index (χ0n) is 75.0. The van der Waals surface area contributed by atoms with E-state index in [1.54, 1.807) is 113 Å². The minimum Gasteiger partial charge on any atom is -0.488 e. The molecule has 6 aromatic rings. The highest BCUT2D eigenvalue weighted by molar-refractivity contribution is 7.53. The summed E-state index contributed by atoms with van der Waals surface area (Å²) in [5.74, 6) is -5.36. The number of benzene rings is 2. The Morgan fingerprint density at radius 3 is 1.31 bits per heavy atom. The number of amides is 6. The molecule has 2 saturated heterocycles. The molecule has 0 radical (unpaired) electrons. The molecular formula is C88H120N12O24P2S2. The van der Waals surface area contributed by atoms with Gasteiger partial charge in [-0.3, -0.25) is 37.6 Å².